The second-order valence-corrected chi connectivity index (χ2v) is 6.33. The Hall–Kier alpha value is -1.88. The lowest BCUT2D eigenvalue weighted by Gasteiger charge is -2.11. The Morgan fingerprint density at radius 1 is 1.36 bits per heavy atom. The van der Waals surface area contributed by atoms with Crippen molar-refractivity contribution in [1.82, 2.24) is 10.3 Å². The Bertz CT molecular complexity index is 607. The number of amides is 1. The van der Waals surface area contributed by atoms with Crippen LogP contribution in [0.2, 0.25) is 0 Å². The highest BCUT2D eigenvalue weighted by Gasteiger charge is 2.13. The number of carbonyl (C=O) groups is 1. The van der Waals surface area contributed by atoms with Crippen LogP contribution >= 0.6 is 11.3 Å². The highest BCUT2D eigenvalue weighted by Crippen LogP contribution is 2.16. The van der Waals surface area contributed by atoms with Crippen molar-refractivity contribution in [3.63, 3.8) is 0 Å². The number of aryl methyl sites for hydroxylation is 1. The number of benzene rings is 1. The minimum absolute atomic E-state index is 0.112. The van der Waals surface area contributed by atoms with E-state index in [2.05, 4.69) is 17.2 Å². The van der Waals surface area contributed by atoms with Gasteiger partial charge in [-0.2, -0.15) is 0 Å². The summed E-state index contributed by atoms with van der Waals surface area (Å²) >= 11 is 1.44. The smallest absolute Gasteiger partial charge is 0.270 e. The van der Waals surface area contributed by atoms with E-state index in [1.807, 2.05) is 38.1 Å². The summed E-state index contributed by atoms with van der Waals surface area (Å²) in [6.07, 6.45) is 2.02. The van der Waals surface area contributed by atoms with E-state index >= 15 is 0 Å². The second kappa shape index (κ2) is 7.94. The van der Waals surface area contributed by atoms with E-state index in [1.165, 1.54) is 16.9 Å². The summed E-state index contributed by atoms with van der Waals surface area (Å²) in [7, 11) is 0. The van der Waals surface area contributed by atoms with Gasteiger partial charge in [0, 0.05) is 11.4 Å². The molecule has 0 spiro atoms. The Morgan fingerprint density at radius 2 is 2.09 bits per heavy atom. The molecule has 1 aromatic heterocycles. The molecular formula is C17H22N2O2S. The molecule has 0 saturated carbocycles. The third-order valence-electron chi connectivity index (χ3n) is 3.27. The van der Waals surface area contributed by atoms with Crippen molar-refractivity contribution in [1.29, 1.82) is 0 Å². The maximum Gasteiger partial charge on any atom is 0.270 e. The molecule has 4 nitrogen and oxygen atoms in total. The van der Waals surface area contributed by atoms with Crippen LogP contribution in [0.5, 0.6) is 5.75 Å². The molecule has 0 aliphatic carbocycles. The predicted octanol–water partition coefficient (Wildman–Crippen LogP) is 3.95. The molecule has 1 amide bonds. The topological polar surface area (TPSA) is 51.2 Å². The maximum atomic E-state index is 12.0. The lowest BCUT2D eigenvalue weighted by Crippen LogP contribution is -2.32. The van der Waals surface area contributed by atoms with Crippen molar-refractivity contribution < 1.29 is 9.53 Å². The number of aromatic nitrogens is 1. The Labute approximate surface area is 135 Å². The first kappa shape index (κ1) is 16.5. The Balaban J connectivity index is 1.88. The van der Waals surface area contributed by atoms with Gasteiger partial charge >= 0.3 is 0 Å². The van der Waals surface area contributed by atoms with Gasteiger partial charge in [-0.15, -0.1) is 11.3 Å². The monoisotopic (exact) mass is 318 g/mol. The van der Waals surface area contributed by atoms with Crippen molar-refractivity contribution in [2.75, 3.05) is 0 Å². The van der Waals surface area contributed by atoms with Gasteiger partial charge in [0.2, 0.25) is 0 Å². The highest BCUT2D eigenvalue weighted by molar-refractivity contribution is 7.09. The van der Waals surface area contributed by atoms with Crippen LogP contribution in [0.4, 0.5) is 0 Å². The van der Waals surface area contributed by atoms with Crippen LogP contribution in [0.25, 0.3) is 0 Å². The zero-order chi connectivity index (χ0) is 15.9. The fraction of sp³-hybridized carbons (Fsp3) is 0.412. The van der Waals surface area contributed by atoms with Crippen molar-refractivity contribution in [2.45, 2.75) is 46.3 Å². The number of nitrogens with zero attached hydrogens (tertiary/aromatic N) is 1. The van der Waals surface area contributed by atoms with E-state index in [9.17, 15) is 4.79 Å². The first-order valence-corrected chi connectivity index (χ1v) is 8.41. The third-order valence-corrected chi connectivity index (χ3v) is 4.09. The zero-order valence-electron chi connectivity index (χ0n) is 13.3. The van der Waals surface area contributed by atoms with Gasteiger partial charge in [-0.1, -0.05) is 31.0 Å². The molecule has 0 bridgehead atoms. The van der Waals surface area contributed by atoms with E-state index in [0.29, 0.717) is 12.3 Å². The second-order valence-electron chi connectivity index (χ2n) is 5.39. The molecule has 0 fully saturated rings. The number of rotatable bonds is 7. The molecule has 0 aliphatic heterocycles. The molecule has 1 aromatic carbocycles. The minimum Gasteiger partial charge on any atom is -0.486 e. The Morgan fingerprint density at radius 3 is 2.77 bits per heavy atom. The summed E-state index contributed by atoms with van der Waals surface area (Å²) in [5.41, 5.74) is 1.66. The van der Waals surface area contributed by atoms with Gasteiger partial charge in [0.1, 0.15) is 23.1 Å². The SMILES string of the molecule is CCCC(C)NC(=O)c1csc(COc2ccc(C)cc2)n1. The summed E-state index contributed by atoms with van der Waals surface area (Å²) < 4.78 is 5.68. The molecule has 22 heavy (non-hydrogen) atoms. The Kier molecular flexibility index (Phi) is 5.95. The van der Waals surface area contributed by atoms with Crippen molar-refractivity contribution in [3.05, 3.63) is 45.9 Å². The fourth-order valence-corrected chi connectivity index (χ4v) is 2.75. The summed E-state index contributed by atoms with van der Waals surface area (Å²) in [5.74, 6) is 0.696. The molecule has 0 radical (unpaired) electrons. The number of hydrogen-bond acceptors (Lipinski definition) is 4. The van der Waals surface area contributed by atoms with Crippen molar-refractivity contribution in [2.24, 2.45) is 0 Å². The van der Waals surface area contributed by atoms with Crippen LogP contribution in [0.15, 0.2) is 29.6 Å². The molecule has 5 heteroatoms. The number of thiazole rings is 1. The average molecular weight is 318 g/mol. The molecule has 2 rings (SSSR count). The summed E-state index contributed by atoms with van der Waals surface area (Å²) in [6, 6.07) is 8.05. The molecule has 1 atom stereocenters. The lowest BCUT2D eigenvalue weighted by molar-refractivity contribution is 0.0933. The van der Waals surface area contributed by atoms with Crippen LogP contribution in [-0.4, -0.2) is 16.9 Å². The van der Waals surface area contributed by atoms with E-state index in [0.717, 1.165) is 23.6 Å². The molecule has 0 aliphatic rings. The van der Waals surface area contributed by atoms with Gasteiger partial charge in [0.05, 0.1) is 0 Å². The molecule has 1 unspecified atom stereocenters. The van der Waals surface area contributed by atoms with Gasteiger partial charge in [0.15, 0.2) is 0 Å². The van der Waals surface area contributed by atoms with Crippen molar-refractivity contribution >= 4 is 17.2 Å². The zero-order valence-corrected chi connectivity index (χ0v) is 14.1. The van der Waals surface area contributed by atoms with Crippen LogP contribution in [0.3, 0.4) is 0 Å². The van der Waals surface area contributed by atoms with Gasteiger partial charge in [-0.25, -0.2) is 4.98 Å². The molecule has 1 N–H and O–H groups in total. The van der Waals surface area contributed by atoms with E-state index in [1.54, 1.807) is 5.38 Å². The standard InChI is InChI=1S/C17H22N2O2S/c1-4-5-13(3)18-17(20)15-11-22-16(19-15)10-21-14-8-6-12(2)7-9-14/h6-9,11,13H,4-5,10H2,1-3H3,(H,18,20). The summed E-state index contributed by atoms with van der Waals surface area (Å²) in [6.45, 7) is 6.53. The van der Waals surface area contributed by atoms with Crippen molar-refractivity contribution in [3.8, 4) is 5.75 Å². The summed E-state index contributed by atoms with van der Waals surface area (Å²) in [5, 5.41) is 5.53. The molecule has 1 heterocycles. The van der Waals surface area contributed by atoms with Crippen LogP contribution in [-0.2, 0) is 6.61 Å². The number of nitrogens with one attached hydrogen (secondary N) is 1. The third kappa shape index (κ3) is 4.84. The van der Waals surface area contributed by atoms with Crippen LogP contribution in [0.1, 0.15) is 47.7 Å². The first-order valence-electron chi connectivity index (χ1n) is 7.53. The highest BCUT2D eigenvalue weighted by atomic mass is 32.1. The fourth-order valence-electron chi connectivity index (χ4n) is 2.06. The first-order chi connectivity index (χ1) is 10.6. The van der Waals surface area contributed by atoms with Crippen LogP contribution in [0, 0.1) is 6.92 Å². The van der Waals surface area contributed by atoms with Gasteiger partial charge in [0.25, 0.3) is 5.91 Å². The number of carbonyl (C=O) groups excluding carboxylic acids is 1. The van der Waals surface area contributed by atoms with Crippen LogP contribution < -0.4 is 10.1 Å². The largest absolute Gasteiger partial charge is 0.486 e. The van der Waals surface area contributed by atoms with E-state index < -0.39 is 0 Å². The molecular weight excluding hydrogens is 296 g/mol. The van der Waals surface area contributed by atoms with E-state index in [4.69, 9.17) is 4.74 Å². The lowest BCUT2D eigenvalue weighted by atomic mass is 10.2. The van der Waals surface area contributed by atoms with E-state index in [-0.39, 0.29) is 11.9 Å². The predicted molar refractivity (Wildman–Crippen MR) is 89.5 cm³/mol. The van der Waals surface area contributed by atoms with Gasteiger partial charge < -0.3 is 10.1 Å². The molecule has 0 saturated heterocycles. The quantitative estimate of drug-likeness (QED) is 0.841. The number of hydrogen-bond donors (Lipinski definition) is 1. The van der Waals surface area contributed by atoms with Gasteiger partial charge in [-0.05, 0) is 32.4 Å². The normalized spacial score (nSPS) is 12.0. The number of ether oxygens (including phenoxy) is 1. The summed E-state index contributed by atoms with van der Waals surface area (Å²) in [4.78, 5) is 16.4. The average Bonchev–Trinajstić information content (AvgIpc) is 2.96. The van der Waals surface area contributed by atoms with Gasteiger partial charge in [-0.3, -0.25) is 4.79 Å². The maximum absolute atomic E-state index is 12.0. The molecule has 2 aromatic rings. The minimum atomic E-state index is -0.112. The molecule has 118 valence electrons.